The van der Waals surface area contributed by atoms with Crippen LogP contribution in [0.25, 0.3) is 0 Å². The number of nitrogens with zero attached hydrogens (tertiary/aromatic N) is 2. The second-order valence-electron chi connectivity index (χ2n) is 7.69. The number of guanidine groups is 1. The number of ether oxygens (including phenoxy) is 2. The lowest BCUT2D eigenvalue weighted by atomic mass is 10.1. The zero-order valence-electron chi connectivity index (χ0n) is 18.6. The van der Waals surface area contributed by atoms with E-state index in [9.17, 15) is 0 Å². The number of hydrogen-bond acceptors (Lipinski definition) is 4. The molecule has 0 bridgehead atoms. The zero-order valence-corrected chi connectivity index (χ0v) is 18.6. The van der Waals surface area contributed by atoms with Crippen LogP contribution in [-0.4, -0.2) is 46.4 Å². The Hall–Kier alpha value is -2.89. The number of rotatable bonds is 8. The van der Waals surface area contributed by atoms with Gasteiger partial charge in [-0.15, -0.1) is 0 Å². The van der Waals surface area contributed by atoms with Gasteiger partial charge in [0.15, 0.2) is 5.96 Å². The lowest BCUT2D eigenvalue weighted by molar-refractivity contribution is 0.409. The molecule has 0 aromatic heterocycles. The third-order valence-corrected chi connectivity index (χ3v) is 5.46. The molecule has 0 saturated carbocycles. The first-order valence-corrected chi connectivity index (χ1v) is 10.7. The molecule has 6 nitrogen and oxygen atoms in total. The van der Waals surface area contributed by atoms with Crippen molar-refractivity contribution in [2.75, 3.05) is 45.3 Å². The minimum atomic E-state index is 0.578. The maximum absolute atomic E-state index is 5.51. The van der Waals surface area contributed by atoms with Gasteiger partial charge in [0.1, 0.15) is 11.5 Å². The van der Waals surface area contributed by atoms with Gasteiger partial charge in [-0.1, -0.05) is 18.2 Å². The highest BCUT2D eigenvalue weighted by atomic mass is 16.5. The molecule has 1 saturated heterocycles. The van der Waals surface area contributed by atoms with Crippen LogP contribution in [0, 0.1) is 12.8 Å². The van der Waals surface area contributed by atoms with E-state index < -0.39 is 0 Å². The van der Waals surface area contributed by atoms with Gasteiger partial charge < -0.3 is 25.0 Å². The first-order valence-electron chi connectivity index (χ1n) is 10.7. The Morgan fingerprint density at radius 3 is 2.77 bits per heavy atom. The van der Waals surface area contributed by atoms with Crippen molar-refractivity contribution in [3.05, 3.63) is 53.6 Å². The van der Waals surface area contributed by atoms with Crippen molar-refractivity contribution in [1.29, 1.82) is 0 Å². The van der Waals surface area contributed by atoms with Gasteiger partial charge in [0.2, 0.25) is 0 Å². The highest BCUT2D eigenvalue weighted by molar-refractivity contribution is 5.79. The lowest BCUT2D eigenvalue weighted by Crippen LogP contribution is -2.40. The monoisotopic (exact) mass is 410 g/mol. The van der Waals surface area contributed by atoms with Crippen LogP contribution in [0.15, 0.2) is 47.5 Å². The highest BCUT2D eigenvalue weighted by Gasteiger charge is 2.23. The molecule has 1 unspecified atom stereocenters. The minimum absolute atomic E-state index is 0.578. The third-order valence-electron chi connectivity index (χ3n) is 5.46. The summed E-state index contributed by atoms with van der Waals surface area (Å²) >= 11 is 0. The molecule has 1 aliphatic rings. The molecule has 1 heterocycles. The molecular formula is C24H34N4O2. The molecule has 1 fully saturated rings. The Kier molecular flexibility index (Phi) is 7.82. The molecule has 2 aromatic carbocycles. The summed E-state index contributed by atoms with van der Waals surface area (Å²) in [4.78, 5) is 7.19. The Morgan fingerprint density at radius 2 is 2.00 bits per heavy atom. The maximum Gasteiger partial charge on any atom is 0.191 e. The number of methoxy groups -OCH3 is 2. The molecule has 0 spiro atoms. The van der Waals surface area contributed by atoms with Gasteiger partial charge in [-0.3, -0.25) is 0 Å². The van der Waals surface area contributed by atoms with E-state index in [-0.39, 0.29) is 0 Å². The Labute approximate surface area is 180 Å². The van der Waals surface area contributed by atoms with Crippen LogP contribution < -0.4 is 25.0 Å². The predicted octanol–water partition coefficient (Wildman–Crippen LogP) is 3.59. The summed E-state index contributed by atoms with van der Waals surface area (Å²) in [7, 11) is 3.42. The molecule has 162 valence electrons. The first kappa shape index (κ1) is 21.8. The number of anilines is 1. The Bertz CT molecular complexity index is 853. The van der Waals surface area contributed by atoms with E-state index in [0.717, 1.165) is 55.6 Å². The van der Waals surface area contributed by atoms with E-state index in [1.807, 2.05) is 6.07 Å². The molecule has 0 amide bonds. The second kappa shape index (κ2) is 10.8. The molecule has 3 rings (SSSR count). The summed E-state index contributed by atoms with van der Waals surface area (Å²) in [5.74, 6) is 3.22. The normalized spacial score (nSPS) is 16.5. The van der Waals surface area contributed by atoms with Gasteiger partial charge in [-0.05, 0) is 49.9 Å². The average molecular weight is 411 g/mol. The molecule has 1 aliphatic heterocycles. The van der Waals surface area contributed by atoms with Crippen LogP contribution in [0.4, 0.5) is 5.69 Å². The SMILES string of the molecule is CCNC(=NCc1ccc(C)cc1OC)NCC1CCN(c2cccc(OC)c2)C1. The van der Waals surface area contributed by atoms with E-state index in [4.69, 9.17) is 14.5 Å². The smallest absolute Gasteiger partial charge is 0.191 e. The largest absolute Gasteiger partial charge is 0.497 e. The number of aryl methyl sites for hydroxylation is 1. The summed E-state index contributed by atoms with van der Waals surface area (Å²) in [5, 5.41) is 6.87. The number of benzene rings is 2. The average Bonchev–Trinajstić information content (AvgIpc) is 3.25. The van der Waals surface area contributed by atoms with Gasteiger partial charge in [0, 0.05) is 43.5 Å². The van der Waals surface area contributed by atoms with Crippen molar-refractivity contribution in [3.8, 4) is 11.5 Å². The molecular weight excluding hydrogens is 376 g/mol. The molecule has 0 radical (unpaired) electrons. The number of nitrogens with one attached hydrogen (secondary N) is 2. The van der Waals surface area contributed by atoms with E-state index in [2.05, 4.69) is 65.8 Å². The van der Waals surface area contributed by atoms with Crippen LogP contribution in [-0.2, 0) is 6.54 Å². The molecule has 2 N–H and O–H groups in total. The summed E-state index contributed by atoms with van der Waals surface area (Å²) in [5.41, 5.74) is 3.50. The van der Waals surface area contributed by atoms with E-state index in [1.54, 1.807) is 14.2 Å². The fourth-order valence-corrected chi connectivity index (χ4v) is 3.77. The van der Waals surface area contributed by atoms with Crippen molar-refractivity contribution in [2.24, 2.45) is 10.9 Å². The predicted molar refractivity (Wildman–Crippen MR) is 124 cm³/mol. The Morgan fingerprint density at radius 1 is 1.13 bits per heavy atom. The standard InChI is InChI=1S/C24H34N4O2/c1-5-25-24(27-16-20-10-9-18(2)13-23(20)30-4)26-15-19-11-12-28(17-19)21-7-6-8-22(14-21)29-3/h6-10,13-14,19H,5,11-12,15-17H2,1-4H3,(H2,25,26,27). The molecule has 6 heteroatoms. The molecule has 0 aliphatic carbocycles. The van der Waals surface area contributed by atoms with Gasteiger partial charge in [0.25, 0.3) is 0 Å². The lowest BCUT2D eigenvalue weighted by Gasteiger charge is -2.20. The number of hydrogen-bond donors (Lipinski definition) is 2. The highest BCUT2D eigenvalue weighted by Crippen LogP contribution is 2.26. The van der Waals surface area contributed by atoms with Crippen molar-refractivity contribution >= 4 is 11.6 Å². The number of aliphatic imine (C=N–C) groups is 1. The van der Waals surface area contributed by atoms with E-state index in [1.165, 1.54) is 11.3 Å². The van der Waals surface area contributed by atoms with Crippen LogP contribution in [0.3, 0.4) is 0 Å². The van der Waals surface area contributed by atoms with Crippen LogP contribution >= 0.6 is 0 Å². The summed E-state index contributed by atoms with van der Waals surface area (Å²) in [6.45, 7) is 8.56. The molecule has 2 aromatic rings. The van der Waals surface area contributed by atoms with Crippen molar-refractivity contribution in [2.45, 2.75) is 26.8 Å². The Balaban J connectivity index is 1.56. The van der Waals surface area contributed by atoms with Crippen molar-refractivity contribution in [3.63, 3.8) is 0 Å². The molecule has 30 heavy (non-hydrogen) atoms. The zero-order chi connectivity index (χ0) is 21.3. The second-order valence-corrected chi connectivity index (χ2v) is 7.69. The van der Waals surface area contributed by atoms with Crippen LogP contribution in [0.2, 0.25) is 0 Å². The van der Waals surface area contributed by atoms with Crippen molar-refractivity contribution in [1.82, 2.24) is 10.6 Å². The first-order chi connectivity index (χ1) is 14.6. The fraction of sp³-hybridized carbons (Fsp3) is 0.458. The summed E-state index contributed by atoms with van der Waals surface area (Å²) in [6.07, 6.45) is 1.16. The van der Waals surface area contributed by atoms with Crippen LogP contribution in [0.1, 0.15) is 24.5 Å². The topological polar surface area (TPSA) is 58.1 Å². The minimum Gasteiger partial charge on any atom is -0.497 e. The van der Waals surface area contributed by atoms with Gasteiger partial charge in [-0.2, -0.15) is 0 Å². The third kappa shape index (κ3) is 5.81. The quantitative estimate of drug-likeness (QED) is 0.514. The fourth-order valence-electron chi connectivity index (χ4n) is 3.77. The van der Waals surface area contributed by atoms with E-state index >= 15 is 0 Å². The van der Waals surface area contributed by atoms with Gasteiger partial charge in [-0.25, -0.2) is 4.99 Å². The maximum atomic E-state index is 5.51. The summed E-state index contributed by atoms with van der Waals surface area (Å²) < 4.78 is 10.9. The van der Waals surface area contributed by atoms with Crippen LogP contribution in [0.5, 0.6) is 11.5 Å². The summed E-state index contributed by atoms with van der Waals surface area (Å²) in [6, 6.07) is 14.5. The van der Waals surface area contributed by atoms with E-state index in [0.29, 0.717) is 12.5 Å². The van der Waals surface area contributed by atoms with Gasteiger partial charge in [0.05, 0.1) is 20.8 Å². The molecule has 1 atom stereocenters. The van der Waals surface area contributed by atoms with Gasteiger partial charge >= 0.3 is 0 Å². The van der Waals surface area contributed by atoms with Crippen molar-refractivity contribution < 1.29 is 9.47 Å².